The lowest BCUT2D eigenvalue weighted by Crippen LogP contribution is -2.34. The van der Waals surface area contributed by atoms with Gasteiger partial charge in [0.2, 0.25) is 5.76 Å². The van der Waals surface area contributed by atoms with Gasteiger partial charge in [-0.15, -0.1) is 0 Å². The number of amides is 2. The summed E-state index contributed by atoms with van der Waals surface area (Å²) < 4.78 is 15.3. The molecule has 0 saturated carbocycles. The predicted molar refractivity (Wildman–Crippen MR) is 92.0 cm³/mol. The lowest BCUT2D eigenvalue weighted by Gasteiger charge is -2.08. The van der Waals surface area contributed by atoms with Crippen LogP contribution in [0.15, 0.2) is 59.0 Å². The molecule has 1 heterocycles. The third-order valence-corrected chi connectivity index (χ3v) is 3.57. The summed E-state index contributed by atoms with van der Waals surface area (Å²) in [7, 11) is 1.42. The maximum Gasteiger partial charge on any atom is 0.374 e. The second kappa shape index (κ2) is 7.52. The molecule has 0 aliphatic carbocycles. The smallest absolute Gasteiger partial charge is 0.374 e. The molecule has 3 aromatic rings. The van der Waals surface area contributed by atoms with Crippen molar-refractivity contribution in [3.63, 3.8) is 0 Å². The fraction of sp³-hybridized carbons (Fsp3) is 0.105. The first-order chi connectivity index (χ1) is 12.6. The number of rotatable bonds is 5. The average molecular weight is 353 g/mol. The predicted octanol–water partition coefficient (Wildman–Crippen LogP) is 2.55. The first-order valence-electron chi connectivity index (χ1n) is 7.71. The zero-order chi connectivity index (χ0) is 18.5. The number of hydrogen-bond donors (Lipinski definition) is 1. The molecule has 0 spiro atoms. The molecule has 0 atom stereocenters. The van der Waals surface area contributed by atoms with Gasteiger partial charge in [0.15, 0.2) is 6.61 Å². The summed E-state index contributed by atoms with van der Waals surface area (Å²) >= 11 is 0. The molecule has 0 aliphatic rings. The summed E-state index contributed by atoms with van der Waals surface area (Å²) in [6.07, 6.45) is 0. The number of ether oxygens (including phenoxy) is 2. The Kier molecular flexibility index (Phi) is 4.98. The fourth-order valence-electron chi connectivity index (χ4n) is 2.35. The van der Waals surface area contributed by atoms with Crippen LogP contribution in [0.1, 0.15) is 20.9 Å². The highest BCUT2D eigenvalue weighted by molar-refractivity contribution is 6.07. The molecule has 0 saturated heterocycles. The van der Waals surface area contributed by atoms with E-state index in [1.807, 2.05) is 6.07 Å². The van der Waals surface area contributed by atoms with Crippen LogP contribution in [-0.2, 0) is 9.53 Å². The number of carbonyl (C=O) groups is 3. The van der Waals surface area contributed by atoms with Crippen molar-refractivity contribution in [2.75, 3.05) is 13.7 Å². The molecule has 132 valence electrons. The van der Waals surface area contributed by atoms with Crippen molar-refractivity contribution in [2.24, 2.45) is 0 Å². The molecule has 0 radical (unpaired) electrons. The number of esters is 1. The molecule has 0 fully saturated rings. The summed E-state index contributed by atoms with van der Waals surface area (Å²) in [5, 5.41) is 2.88. The Morgan fingerprint density at radius 3 is 2.54 bits per heavy atom. The topological polar surface area (TPSA) is 94.8 Å². The van der Waals surface area contributed by atoms with Gasteiger partial charge in [0.25, 0.3) is 11.8 Å². The molecule has 0 unspecified atom stereocenters. The molecule has 7 heteroatoms. The van der Waals surface area contributed by atoms with E-state index < -0.39 is 24.4 Å². The number of benzene rings is 2. The lowest BCUT2D eigenvalue weighted by atomic mass is 10.2. The summed E-state index contributed by atoms with van der Waals surface area (Å²) in [6, 6.07) is 15.1. The van der Waals surface area contributed by atoms with Crippen LogP contribution < -0.4 is 10.1 Å². The van der Waals surface area contributed by atoms with Gasteiger partial charge < -0.3 is 13.9 Å². The Hall–Kier alpha value is -3.61. The summed E-state index contributed by atoms with van der Waals surface area (Å²) in [6.45, 7) is -0.614. The van der Waals surface area contributed by atoms with Crippen LogP contribution in [0.4, 0.5) is 0 Å². The van der Waals surface area contributed by atoms with E-state index in [4.69, 9.17) is 13.9 Å². The van der Waals surface area contributed by atoms with Crippen LogP contribution in [0.2, 0.25) is 0 Å². The van der Waals surface area contributed by atoms with E-state index in [2.05, 4.69) is 5.32 Å². The van der Waals surface area contributed by atoms with Gasteiger partial charge in [-0.25, -0.2) is 4.79 Å². The number of nitrogens with one attached hydrogen (secondary N) is 1. The normalized spacial score (nSPS) is 10.3. The van der Waals surface area contributed by atoms with E-state index in [0.29, 0.717) is 11.3 Å². The molecule has 3 rings (SSSR count). The Balaban J connectivity index is 1.58. The number of carbonyl (C=O) groups excluding carboxylic acids is 3. The highest BCUT2D eigenvalue weighted by atomic mass is 16.5. The third kappa shape index (κ3) is 3.72. The SMILES string of the molecule is COc1ccccc1C(=O)NC(=O)COC(=O)c1cc2ccccc2o1. The van der Waals surface area contributed by atoms with Gasteiger partial charge in [0.05, 0.1) is 12.7 Å². The molecule has 1 aromatic heterocycles. The molecular weight excluding hydrogens is 338 g/mol. The zero-order valence-electron chi connectivity index (χ0n) is 13.9. The van der Waals surface area contributed by atoms with Crippen LogP contribution in [0.25, 0.3) is 11.0 Å². The summed E-state index contributed by atoms with van der Waals surface area (Å²) in [5.41, 5.74) is 0.738. The van der Waals surface area contributed by atoms with Crippen LogP contribution >= 0.6 is 0 Å². The Bertz CT molecular complexity index is 942. The Morgan fingerprint density at radius 2 is 1.77 bits per heavy atom. The van der Waals surface area contributed by atoms with Crippen LogP contribution in [0.3, 0.4) is 0 Å². The maximum atomic E-state index is 12.1. The maximum absolute atomic E-state index is 12.1. The largest absolute Gasteiger partial charge is 0.496 e. The van der Waals surface area contributed by atoms with Crippen molar-refractivity contribution in [3.05, 3.63) is 65.9 Å². The molecule has 2 aromatic carbocycles. The van der Waals surface area contributed by atoms with Crippen molar-refractivity contribution in [3.8, 4) is 5.75 Å². The minimum atomic E-state index is -0.791. The molecular formula is C19H15NO6. The van der Waals surface area contributed by atoms with Gasteiger partial charge in [-0.3, -0.25) is 14.9 Å². The number of furan rings is 1. The van der Waals surface area contributed by atoms with E-state index in [-0.39, 0.29) is 11.3 Å². The quantitative estimate of drug-likeness (QED) is 0.709. The van der Waals surface area contributed by atoms with Gasteiger partial charge >= 0.3 is 5.97 Å². The molecule has 26 heavy (non-hydrogen) atoms. The highest BCUT2D eigenvalue weighted by Crippen LogP contribution is 2.19. The summed E-state index contributed by atoms with van der Waals surface area (Å²) in [4.78, 5) is 35.9. The molecule has 2 amide bonds. The van der Waals surface area contributed by atoms with Gasteiger partial charge in [-0.2, -0.15) is 0 Å². The van der Waals surface area contributed by atoms with Gasteiger partial charge in [0.1, 0.15) is 11.3 Å². The standard InChI is InChI=1S/C19H15NO6/c1-24-15-9-5-3-7-13(15)18(22)20-17(21)11-25-19(23)16-10-12-6-2-4-8-14(12)26-16/h2-10H,11H2,1H3,(H,20,21,22). The van der Waals surface area contributed by atoms with Crippen molar-refractivity contribution < 1.29 is 28.3 Å². The first-order valence-corrected chi connectivity index (χ1v) is 7.71. The average Bonchev–Trinajstić information content (AvgIpc) is 3.10. The minimum absolute atomic E-state index is 0.0185. The van der Waals surface area contributed by atoms with Crippen molar-refractivity contribution >= 4 is 28.8 Å². The Morgan fingerprint density at radius 1 is 1.04 bits per heavy atom. The van der Waals surface area contributed by atoms with Crippen molar-refractivity contribution in [2.45, 2.75) is 0 Å². The van der Waals surface area contributed by atoms with E-state index in [1.165, 1.54) is 19.2 Å². The van der Waals surface area contributed by atoms with Gasteiger partial charge in [0, 0.05) is 5.39 Å². The van der Waals surface area contributed by atoms with E-state index in [0.717, 1.165) is 5.39 Å². The van der Waals surface area contributed by atoms with E-state index >= 15 is 0 Å². The van der Waals surface area contributed by atoms with Gasteiger partial charge in [-0.05, 0) is 24.3 Å². The highest BCUT2D eigenvalue weighted by Gasteiger charge is 2.18. The lowest BCUT2D eigenvalue weighted by molar-refractivity contribution is -0.123. The third-order valence-electron chi connectivity index (χ3n) is 3.57. The Labute approximate surface area is 148 Å². The van der Waals surface area contributed by atoms with Crippen LogP contribution in [0.5, 0.6) is 5.75 Å². The second-order valence-corrected chi connectivity index (χ2v) is 5.30. The van der Waals surface area contributed by atoms with Gasteiger partial charge in [-0.1, -0.05) is 30.3 Å². The van der Waals surface area contributed by atoms with Crippen molar-refractivity contribution in [1.82, 2.24) is 5.32 Å². The van der Waals surface area contributed by atoms with E-state index in [9.17, 15) is 14.4 Å². The van der Waals surface area contributed by atoms with Crippen LogP contribution in [-0.4, -0.2) is 31.5 Å². The monoisotopic (exact) mass is 353 g/mol. The van der Waals surface area contributed by atoms with Crippen LogP contribution in [0, 0.1) is 0 Å². The number of fused-ring (bicyclic) bond motifs is 1. The minimum Gasteiger partial charge on any atom is -0.496 e. The number of para-hydroxylation sites is 2. The zero-order valence-corrected chi connectivity index (χ0v) is 13.9. The molecule has 7 nitrogen and oxygen atoms in total. The second-order valence-electron chi connectivity index (χ2n) is 5.30. The summed E-state index contributed by atoms with van der Waals surface area (Å²) in [5.74, 6) is -1.88. The molecule has 0 aliphatic heterocycles. The molecule has 1 N–H and O–H groups in total. The number of hydrogen-bond acceptors (Lipinski definition) is 6. The number of methoxy groups -OCH3 is 1. The molecule has 0 bridgehead atoms. The van der Waals surface area contributed by atoms with E-state index in [1.54, 1.807) is 36.4 Å². The first kappa shape index (κ1) is 17.2. The fourth-order valence-corrected chi connectivity index (χ4v) is 2.35. The number of imide groups is 1. The van der Waals surface area contributed by atoms with Crippen molar-refractivity contribution in [1.29, 1.82) is 0 Å².